The summed E-state index contributed by atoms with van der Waals surface area (Å²) in [4.78, 5) is 2.14. The van der Waals surface area contributed by atoms with Gasteiger partial charge in [-0.1, -0.05) is 30.1 Å². The van der Waals surface area contributed by atoms with Crippen molar-refractivity contribution in [2.45, 2.75) is 32.9 Å². The van der Waals surface area contributed by atoms with Crippen molar-refractivity contribution >= 4 is 23.2 Å². The second kappa shape index (κ2) is 6.05. The van der Waals surface area contributed by atoms with Gasteiger partial charge in [0.2, 0.25) is 0 Å². The van der Waals surface area contributed by atoms with Crippen LogP contribution in [0.3, 0.4) is 0 Å². The summed E-state index contributed by atoms with van der Waals surface area (Å²) in [6.07, 6.45) is 0. The van der Waals surface area contributed by atoms with Crippen molar-refractivity contribution in [1.29, 1.82) is 0 Å². The minimum absolute atomic E-state index is 0.604. The van der Waals surface area contributed by atoms with E-state index in [1.807, 2.05) is 6.07 Å². The number of halogens is 2. The molecule has 0 spiro atoms. The maximum Gasteiger partial charge on any atom is 0.0718 e. The van der Waals surface area contributed by atoms with Gasteiger partial charge in [0.25, 0.3) is 0 Å². The Bertz CT molecular complexity index is 374. The van der Waals surface area contributed by atoms with Crippen LogP contribution in [0.15, 0.2) is 18.2 Å². The monoisotopic (exact) mass is 275 g/mol. The zero-order chi connectivity index (χ0) is 13.1. The normalized spacial score (nSPS) is 12.2. The molecule has 0 bridgehead atoms. The maximum atomic E-state index is 9.82. The van der Waals surface area contributed by atoms with E-state index in [-0.39, 0.29) is 0 Å². The minimum atomic E-state index is -0.707. The average molecular weight is 276 g/mol. The molecule has 0 saturated carbocycles. The Hall–Kier alpha value is -0.280. The van der Waals surface area contributed by atoms with Gasteiger partial charge < -0.3 is 5.11 Å². The molecule has 0 amide bonds. The fourth-order valence-electron chi connectivity index (χ4n) is 1.73. The van der Waals surface area contributed by atoms with Gasteiger partial charge in [-0.2, -0.15) is 0 Å². The van der Waals surface area contributed by atoms with Crippen molar-refractivity contribution < 1.29 is 5.11 Å². The fraction of sp³-hybridized carbons (Fsp3) is 0.538. The molecule has 0 aromatic heterocycles. The number of rotatable bonds is 5. The third-order valence-electron chi connectivity index (χ3n) is 2.46. The molecule has 0 atom stereocenters. The van der Waals surface area contributed by atoms with Gasteiger partial charge >= 0.3 is 0 Å². The summed E-state index contributed by atoms with van der Waals surface area (Å²) in [5.74, 6) is 0. The van der Waals surface area contributed by atoms with E-state index >= 15 is 0 Å². The summed E-state index contributed by atoms with van der Waals surface area (Å²) in [7, 11) is 0. The molecule has 0 fully saturated rings. The Morgan fingerprint density at radius 1 is 1.29 bits per heavy atom. The van der Waals surface area contributed by atoms with E-state index in [9.17, 15) is 5.11 Å². The van der Waals surface area contributed by atoms with Crippen LogP contribution in [-0.4, -0.2) is 28.7 Å². The summed E-state index contributed by atoms with van der Waals surface area (Å²) >= 11 is 12.1. The molecule has 2 nitrogen and oxygen atoms in total. The molecule has 0 radical (unpaired) electrons. The molecule has 1 aromatic carbocycles. The molecular weight excluding hydrogens is 257 g/mol. The summed E-state index contributed by atoms with van der Waals surface area (Å²) < 4.78 is 0. The van der Waals surface area contributed by atoms with E-state index in [0.29, 0.717) is 23.1 Å². The molecule has 1 aromatic rings. The number of hydrogen-bond acceptors (Lipinski definition) is 2. The Morgan fingerprint density at radius 3 is 2.47 bits per heavy atom. The summed E-state index contributed by atoms with van der Waals surface area (Å²) in [6, 6.07) is 5.45. The standard InChI is InChI=1S/C13H19Cl2NO/c1-4-16(9-13(2,3)17)8-10-7-11(14)5-6-12(10)15/h5-7,17H,4,8-9H2,1-3H3. The SMILES string of the molecule is CCN(Cc1cc(Cl)ccc1Cl)CC(C)(C)O. The Labute approximate surface area is 113 Å². The highest BCUT2D eigenvalue weighted by Gasteiger charge is 2.18. The Balaban J connectivity index is 2.77. The number of likely N-dealkylation sites (N-methyl/N-ethyl adjacent to an activating group) is 1. The van der Waals surface area contributed by atoms with Crippen molar-refractivity contribution in [3.05, 3.63) is 33.8 Å². The van der Waals surface area contributed by atoms with E-state index in [0.717, 1.165) is 12.1 Å². The van der Waals surface area contributed by atoms with Gasteiger partial charge in [-0.15, -0.1) is 0 Å². The van der Waals surface area contributed by atoms with E-state index in [4.69, 9.17) is 23.2 Å². The topological polar surface area (TPSA) is 23.5 Å². The van der Waals surface area contributed by atoms with Gasteiger partial charge in [0, 0.05) is 23.1 Å². The molecule has 0 aliphatic carbocycles. The smallest absolute Gasteiger partial charge is 0.0718 e. The molecule has 0 saturated heterocycles. The van der Waals surface area contributed by atoms with Crippen LogP contribution in [0.5, 0.6) is 0 Å². The zero-order valence-corrected chi connectivity index (χ0v) is 12.0. The number of hydrogen-bond donors (Lipinski definition) is 1. The largest absolute Gasteiger partial charge is 0.389 e. The lowest BCUT2D eigenvalue weighted by Crippen LogP contribution is -2.38. The Kier molecular flexibility index (Phi) is 5.26. The van der Waals surface area contributed by atoms with E-state index in [1.165, 1.54) is 0 Å². The van der Waals surface area contributed by atoms with Crippen molar-refractivity contribution in [2.24, 2.45) is 0 Å². The molecule has 0 aliphatic heterocycles. The predicted octanol–water partition coefficient (Wildman–Crippen LogP) is 3.59. The molecular formula is C13H19Cl2NO. The highest BCUT2D eigenvalue weighted by molar-refractivity contribution is 6.33. The van der Waals surface area contributed by atoms with E-state index in [2.05, 4.69) is 11.8 Å². The quantitative estimate of drug-likeness (QED) is 0.888. The van der Waals surface area contributed by atoms with Gasteiger partial charge in [0.1, 0.15) is 0 Å². The second-order valence-electron chi connectivity index (χ2n) is 4.85. The molecule has 17 heavy (non-hydrogen) atoms. The molecule has 0 unspecified atom stereocenters. The predicted molar refractivity (Wildman–Crippen MR) is 73.7 cm³/mol. The highest BCUT2D eigenvalue weighted by atomic mass is 35.5. The van der Waals surface area contributed by atoms with Crippen LogP contribution in [0.4, 0.5) is 0 Å². The average Bonchev–Trinajstić information content (AvgIpc) is 2.20. The molecule has 0 heterocycles. The maximum absolute atomic E-state index is 9.82. The third-order valence-corrected chi connectivity index (χ3v) is 3.06. The van der Waals surface area contributed by atoms with Crippen LogP contribution in [0, 0.1) is 0 Å². The Morgan fingerprint density at radius 2 is 1.94 bits per heavy atom. The third kappa shape index (κ3) is 5.26. The number of nitrogens with zero attached hydrogens (tertiary/aromatic N) is 1. The molecule has 1 rings (SSSR count). The first kappa shape index (κ1) is 14.8. The van der Waals surface area contributed by atoms with Gasteiger partial charge in [-0.05, 0) is 44.2 Å². The van der Waals surface area contributed by atoms with Gasteiger partial charge in [0.05, 0.1) is 5.60 Å². The summed E-state index contributed by atoms with van der Waals surface area (Å²) in [5.41, 5.74) is 0.284. The van der Waals surface area contributed by atoms with Crippen LogP contribution < -0.4 is 0 Å². The van der Waals surface area contributed by atoms with Crippen molar-refractivity contribution in [1.82, 2.24) is 4.90 Å². The lowest BCUT2D eigenvalue weighted by molar-refractivity contribution is 0.0353. The zero-order valence-electron chi connectivity index (χ0n) is 10.5. The van der Waals surface area contributed by atoms with Crippen molar-refractivity contribution in [2.75, 3.05) is 13.1 Å². The van der Waals surface area contributed by atoms with Gasteiger partial charge in [0.15, 0.2) is 0 Å². The van der Waals surface area contributed by atoms with Gasteiger partial charge in [-0.25, -0.2) is 0 Å². The van der Waals surface area contributed by atoms with Gasteiger partial charge in [-0.3, -0.25) is 4.90 Å². The molecule has 0 aliphatic rings. The fourth-order valence-corrected chi connectivity index (χ4v) is 2.10. The lowest BCUT2D eigenvalue weighted by atomic mass is 10.1. The first-order valence-corrected chi connectivity index (χ1v) is 6.46. The summed E-state index contributed by atoms with van der Waals surface area (Å²) in [5, 5.41) is 11.2. The lowest BCUT2D eigenvalue weighted by Gasteiger charge is -2.28. The van der Waals surface area contributed by atoms with Crippen molar-refractivity contribution in [3.63, 3.8) is 0 Å². The van der Waals surface area contributed by atoms with Crippen LogP contribution in [-0.2, 0) is 6.54 Å². The van der Waals surface area contributed by atoms with Crippen LogP contribution in [0.1, 0.15) is 26.3 Å². The first-order valence-electron chi connectivity index (χ1n) is 5.70. The molecule has 4 heteroatoms. The van der Waals surface area contributed by atoms with Crippen LogP contribution in [0.25, 0.3) is 0 Å². The van der Waals surface area contributed by atoms with E-state index in [1.54, 1.807) is 26.0 Å². The number of benzene rings is 1. The minimum Gasteiger partial charge on any atom is -0.389 e. The molecule has 1 N–H and O–H groups in total. The number of aliphatic hydroxyl groups is 1. The highest BCUT2D eigenvalue weighted by Crippen LogP contribution is 2.22. The molecule has 96 valence electrons. The van der Waals surface area contributed by atoms with Crippen molar-refractivity contribution in [3.8, 4) is 0 Å². The van der Waals surface area contributed by atoms with E-state index < -0.39 is 5.60 Å². The van der Waals surface area contributed by atoms with Crippen LogP contribution >= 0.6 is 23.2 Å². The summed E-state index contributed by atoms with van der Waals surface area (Å²) in [6.45, 7) is 7.81. The first-order chi connectivity index (χ1) is 7.81. The van der Waals surface area contributed by atoms with Crippen LogP contribution in [0.2, 0.25) is 10.0 Å². The second-order valence-corrected chi connectivity index (χ2v) is 5.70.